The average Bonchev–Trinajstić information content (AvgIpc) is 3.08. The van der Waals surface area contributed by atoms with Crippen molar-refractivity contribution in [2.45, 2.75) is 0 Å². The predicted molar refractivity (Wildman–Crippen MR) is 167 cm³/mol. The molecular formula is C36H22N6. The number of hydrogen-bond donors (Lipinski definition) is 0. The van der Waals surface area contributed by atoms with Gasteiger partial charge in [-0.3, -0.25) is 15.0 Å². The van der Waals surface area contributed by atoms with E-state index in [0.717, 1.165) is 66.5 Å². The summed E-state index contributed by atoms with van der Waals surface area (Å²) in [6, 6.07) is 36.7. The summed E-state index contributed by atoms with van der Waals surface area (Å²) in [6.07, 6.45) is 7.24. The van der Waals surface area contributed by atoms with Gasteiger partial charge in [0, 0.05) is 41.1 Å². The van der Waals surface area contributed by atoms with E-state index in [1.807, 2.05) is 60.9 Å². The Labute approximate surface area is 241 Å². The summed E-state index contributed by atoms with van der Waals surface area (Å²) in [4.78, 5) is 28.5. The first-order valence-electron chi connectivity index (χ1n) is 13.7. The molecule has 0 amide bonds. The predicted octanol–water partition coefficient (Wildman–Crippen LogP) is 8.18. The SMILES string of the molecule is c1ccc(-c2nc3ccc(-c4ccc(-c5ccc6ccc7ccncc7c6n5)cc4)cc3nc2-c2ccccn2)nc1. The van der Waals surface area contributed by atoms with Gasteiger partial charge in [0.1, 0.15) is 11.4 Å². The molecule has 0 aliphatic heterocycles. The fourth-order valence-corrected chi connectivity index (χ4v) is 5.34. The van der Waals surface area contributed by atoms with Gasteiger partial charge in [-0.2, -0.15) is 0 Å². The zero-order valence-electron chi connectivity index (χ0n) is 22.4. The van der Waals surface area contributed by atoms with E-state index in [-0.39, 0.29) is 0 Å². The average molecular weight is 539 g/mol. The monoisotopic (exact) mass is 538 g/mol. The van der Waals surface area contributed by atoms with Crippen LogP contribution in [0.15, 0.2) is 134 Å². The maximum absolute atomic E-state index is 5.05. The highest BCUT2D eigenvalue weighted by Crippen LogP contribution is 2.32. The number of fused-ring (bicyclic) bond motifs is 4. The maximum atomic E-state index is 5.05. The summed E-state index contributed by atoms with van der Waals surface area (Å²) in [5, 5.41) is 3.29. The van der Waals surface area contributed by atoms with Crippen molar-refractivity contribution < 1.29 is 0 Å². The Morgan fingerprint density at radius 3 is 1.83 bits per heavy atom. The van der Waals surface area contributed by atoms with E-state index in [2.05, 4.69) is 75.6 Å². The molecule has 0 atom stereocenters. The Kier molecular flexibility index (Phi) is 5.67. The number of pyridine rings is 4. The lowest BCUT2D eigenvalue weighted by atomic mass is 10.0. The van der Waals surface area contributed by atoms with Gasteiger partial charge < -0.3 is 0 Å². The van der Waals surface area contributed by atoms with Crippen LogP contribution in [0.25, 0.3) is 77.9 Å². The fourth-order valence-electron chi connectivity index (χ4n) is 5.34. The van der Waals surface area contributed by atoms with E-state index in [1.54, 1.807) is 12.4 Å². The molecule has 6 nitrogen and oxygen atoms in total. The maximum Gasteiger partial charge on any atom is 0.117 e. The van der Waals surface area contributed by atoms with Gasteiger partial charge in [0.15, 0.2) is 0 Å². The van der Waals surface area contributed by atoms with Gasteiger partial charge in [0.05, 0.1) is 33.6 Å². The van der Waals surface area contributed by atoms with E-state index in [1.165, 1.54) is 0 Å². The number of hydrogen-bond acceptors (Lipinski definition) is 6. The fraction of sp³-hybridized carbons (Fsp3) is 0. The van der Waals surface area contributed by atoms with Crippen LogP contribution in [0.2, 0.25) is 0 Å². The second kappa shape index (κ2) is 9.94. The minimum Gasteiger partial charge on any atom is -0.264 e. The summed E-state index contributed by atoms with van der Waals surface area (Å²) in [5.41, 5.74) is 9.64. The second-order valence-electron chi connectivity index (χ2n) is 10.1. The lowest BCUT2D eigenvalue weighted by Crippen LogP contribution is -1.98. The molecule has 0 radical (unpaired) electrons. The Morgan fingerprint density at radius 1 is 0.429 bits per heavy atom. The Morgan fingerprint density at radius 2 is 1.10 bits per heavy atom. The van der Waals surface area contributed by atoms with Gasteiger partial charge in [-0.15, -0.1) is 0 Å². The van der Waals surface area contributed by atoms with Crippen LogP contribution in [0.5, 0.6) is 0 Å². The molecule has 0 saturated heterocycles. The van der Waals surface area contributed by atoms with Crippen molar-refractivity contribution in [3.63, 3.8) is 0 Å². The minimum atomic E-state index is 0.708. The number of nitrogens with zero attached hydrogens (tertiary/aromatic N) is 6. The molecule has 5 aromatic heterocycles. The normalized spacial score (nSPS) is 11.3. The molecule has 5 heterocycles. The number of aromatic nitrogens is 6. The largest absolute Gasteiger partial charge is 0.264 e. The van der Waals surface area contributed by atoms with Crippen LogP contribution in [0.3, 0.4) is 0 Å². The van der Waals surface area contributed by atoms with Crippen LogP contribution in [-0.4, -0.2) is 29.9 Å². The third-order valence-corrected chi connectivity index (χ3v) is 7.47. The van der Waals surface area contributed by atoms with E-state index in [9.17, 15) is 0 Å². The van der Waals surface area contributed by atoms with Crippen molar-refractivity contribution >= 4 is 32.7 Å². The molecule has 0 saturated carbocycles. The summed E-state index contributed by atoms with van der Waals surface area (Å²) >= 11 is 0. The van der Waals surface area contributed by atoms with Gasteiger partial charge in [0.25, 0.3) is 0 Å². The summed E-state index contributed by atoms with van der Waals surface area (Å²) in [6.45, 7) is 0. The molecule has 0 fully saturated rings. The molecule has 0 N–H and O–H groups in total. The molecular weight excluding hydrogens is 516 g/mol. The molecule has 42 heavy (non-hydrogen) atoms. The highest BCUT2D eigenvalue weighted by atomic mass is 14.9. The molecule has 0 bridgehead atoms. The van der Waals surface area contributed by atoms with Gasteiger partial charge in [-0.1, -0.05) is 60.7 Å². The molecule has 0 spiro atoms. The molecule has 0 aliphatic carbocycles. The highest BCUT2D eigenvalue weighted by Gasteiger charge is 2.15. The molecule has 196 valence electrons. The van der Waals surface area contributed by atoms with Crippen molar-refractivity contribution in [3.8, 4) is 45.2 Å². The highest BCUT2D eigenvalue weighted by molar-refractivity contribution is 6.05. The zero-order valence-corrected chi connectivity index (χ0v) is 22.4. The van der Waals surface area contributed by atoms with Crippen molar-refractivity contribution in [1.29, 1.82) is 0 Å². The van der Waals surface area contributed by atoms with E-state index in [4.69, 9.17) is 15.0 Å². The van der Waals surface area contributed by atoms with Crippen molar-refractivity contribution in [3.05, 3.63) is 134 Å². The van der Waals surface area contributed by atoms with Crippen LogP contribution >= 0.6 is 0 Å². The van der Waals surface area contributed by atoms with Crippen LogP contribution in [0, 0.1) is 0 Å². The molecule has 0 unspecified atom stereocenters. The number of benzene rings is 3. The minimum absolute atomic E-state index is 0.708. The van der Waals surface area contributed by atoms with Crippen molar-refractivity contribution in [1.82, 2.24) is 29.9 Å². The summed E-state index contributed by atoms with van der Waals surface area (Å²) in [7, 11) is 0. The van der Waals surface area contributed by atoms with Crippen molar-refractivity contribution in [2.24, 2.45) is 0 Å². The summed E-state index contributed by atoms with van der Waals surface area (Å²) < 4.78 is 0. The molecule has 8 rings (SSSR count). The van der Waals surface area contributed by atoms with Crippen LogP contribution in [-0.2, 0) is 0 Å². The first-order chi connectivity index (χ1) is 20.8. The van der Waals surface area contributed by atoms with Gasteiger partial charge in [-0.25, -0.2) is 15.0 Å². The molecule has 6 heteroatoms. The lowest BCUT2D eigenvalue weighted by molar-refractivity contribution is 1.21. The first kappa shape index (κ1) is 24.0. The quantitative estimate of drug-likeness (QED) is 0.210. The van der Waals surface area contributed by atoms with E-state index < -0.39 is 0 Å². The third-order valence-electron chi connectivity index (χ3n) is 7.47. The second-order valence-corrected chi connectivity index (χ2v) is 10.1. The lowest BCUT2D eigenvalue weighted by Gasteiger charge is -2.11. The standard InChI is InChI=1S/C36H22N6/c1-3-18-38-31(5-1)35-36(32-6-2-4-19-39-32)42-33-21-27(14-16-30(33)41-35)23-7-10-25(11-8-23)29-15-13-26-12-9-24-17-20-37-22-28(24)34(26)40-29/h1-22H. The van der Waals surface area contributed by atoms with E-state index >= 15 is 0 Å². The Bertz CT molecular complexity index is 2230. The first-order valence-corrected chi connectivity index (χ1v) is 13.7. The van der Waals surface area contributed by atoms with Gasteiger partial charge in [0.2, 0.25) is 0 Å². The zero-order chi connectivity index (χ0) is 27.9. The molecule has 3 aromatic carbocycles. The molecule has 8 aromatic rings. The van der Waals surface area contributed by atoms with Gasteiger partial charge in [-0.05, 0) is 65.0 Å². The Balaban J connectivity index is 1.19. The van der Waals surface area contributed by atoms with Crippen LogP contribution in [0.4, 0.5) is 0 Å². The van der Waals surface area contributed by atoms with Crippen LogP contribution in [0.1, 0.15) is 0 Å². The van der Waals surface area contributed by atoms with E-state index in [0.29, 0.717) is 11.4 Å². The van der Waals surface area contributed by atoms with Gasteiger partial charge >= 0.3 is 0 Å². The third kappa shape index (κ3) is 4.22. The Hall–Kier alpha value is -5.88. The van der Waals surface area contributed by atoms with Crippen LogP contribution < -0.4 is 0 Å². The molecule has 0 aliphatic rings. The summed E-state index contributed by atoms with van der Waals surface area (Å²) in [5.74, 6) is 0. The number of rotatable bonds is 4. The van der Waals surface area contributed by atoms with Crippen molar-refractivity contribution in [2.75, 3.05) is 0 Å². The smallest absolute Gasteiger partial charge is 0.117 e. The topological polar surface area (TPSA) is 77.3 Å².